The molecule has 2 saturated heterocycles. The fraction of sp³-hybridized carbons (Fsp3) is 0.242. The van der Waals surface area contributed by atoms with Crippen LogP contribution in [-0.2, 0) is 24.8 Å². The molecule has 0 saturated carbocycles. The molecule has 2 aliphatic rings. The Morgan fingerprint density at radius 3 is 1.77 bits per heavy atom. The van der Waals surface area contributed by atoms with E-state index in [0.717, 1.165) is 16.7 Å². The number of Topliss-reactive ketones (excluding diaryl/α,β-unsaturated/α-hetero) is 1. The summed E-state index contributed by atoms with van der Waals surface area (Å²) in [5.41, 5.74) is 2.37. The number of hydrogen-bond acceptors (Lipinski definition) is 5. The first-order chi connectivity index (χ1) is 20.6. The van der Waals surface area contributed by atoms with Gasteiger partial charge in [-0.15, -0.1) is 0 Å². The van der Waals surface area contributed by atoms with Crippen LogP contribution in [0.4, 0.5) is 0 Å². The Morgan fingerprint density at radius 2 is 1.19 bits per heavy atom. The minimum Gasteiger partial charge on any atom is -0.299 e. The molecule has 2 heterocycles. The maximum absolute atomic E-state index is 14.5. The highest BCUT2D eigenvalue weighted by Crippen LogP contribution is 2.48. The van der Waals surface area contributed by atoms with Crippen LogP contribution < -0.4 is 0 Å². The first-order valence-corrected chi connectivity index (χ1v) is 17.3. The van der Waals surface area contributed by atoms with E-state index in [1.807, 2.05) is 67.6 Å². The van der Waals surface area contributed by atoms with E-state index in [2.05, 4.69) is 0 Å². The molecule has 0 aliphatic carbocycles. The van der Waals surface area contributed by atoms with Crippen molar-refractivity contribution >= 4 is 37.4 Å². The van der Waals surface area contributed by atoms with Gasteiger partial charge in [-0.05, 0) is 60.9 Å². The number of rotatable bonds is 6. The second kappa shape index (κ2) is 11.6. The molecule has 4 aromatic rings. The fourth-order valence-electron chi connectivity index (χ4n) is 6.32. The molecule has 2 aliphatic heterocycles. The Morgan fingerprint density at radius 1 is 0.674 bits per heavy atom. The number of piperidine rings is 2. The minimum absolute atomic E-state index is 0.0545. The van der Waals surface area contributed by atoms with Crippen molar-refractivity contribution in [2.45, 2.75) is 47.7 Å². The first kappa shape index (κ1) is 29.7. The smallest absolute Gasteiger partial charge is 0.243 e. The highest BCUT2D eigenvalue weighted by atomic mass is 35.5. The van der Waals surface area contributed by atoms with Crippen molar-refractivity contribution in [2.75, 3.05) is 6.54 Å². The zero-order valence-electron chi connectivity index (χ0n) is 23.5. The molecule has 3 unspecified atom stereocenters. The molecule has 0 aromatic heterocycles. The number of fused-ring (bicyclic) bond motifs is 1. The van der Waals surface area contributed by atoms with Crippen LogP contribution in [0.25, 0.3) is 0 Å². The summed E-state index contributed by atoms with van der Waals surface area (Å²) in [6.07, 6.45) is 0.0583. The van der Waals surface area contributed by atoms with Crippen molar-refractivity contribution in [3.05, 3.63) is 131 Å². The van der Waals surface area contributed by atoms with Gasteiger partial charge in [0.2, 0.25) is 20.0 Å². The van der Waals surface area contributed by atoms with E-state index < -0.39 is 44.1 Å². The SMILES string of the molecule is Cc1ccc(S(=O)(=O)N2C(c3ccccc3)CC(=O)[C@@H]3CN(S(=O)(=O)c4ccc(Cl)cc4)C(c4ccccc4)CC32)cc1. The van der Waals surface area contributed by atoms with Crippen molar-refractivity contribution in [3.63, 3.8) is 0 Å². The van der Waals surface area contributed by atoms with Crippen LogP contribution in [0.5, 0.6) is 0 Å². The van der Waals surface area contributed by atoms with Crippen LogP contribution in [0.15, 0.2) is 119 Å². The molecule has 2 fully saturated rings. The second-order valence-corrected chi connectivity index (χ2v) is 15.3. The van der Waals surface area contributed by atoms with Gasteiger partial charge in [-0.3, -0.25) is 4.79 Å². The number of carbonyl (C=O) groups is 1. The Balaban J connectivity index is 1.50. The average Bonchev–Trinajstić information content (AvgIpc) is 3.01. The van der Waals surface area contributed by atoms with Crippen molar-refractivity contribution in [3.8, 4) is 0 Å². The Bertz CT molecular complexity index is 1830. The van der Waals surface area contributed by atoms with Gasteiger partial charge in [0.05, 0.1) is 21.9 Å². The minimum atomic E-state index is -4.09. The molecular formula is C33H31ClN2O5S2. The number of ketones is 1. The maximum atomic E-state index is 14.5. The topological polar surface area (TPSA) is 91.8 Å². The van der Waals surface area contributed by atoms with E-state index in [9.17, 15) is 21.6 Å². The van der Waals surface area contributed by atoms with Crippen LogP contribution >= 0.6 is 11.6 Å². The number of halogens is 1. The van der Waals surface area contributed by atoms with Crippen LogP contribution in [0.2, 0.25) is 5.02 Å². The Kier molecular flexibility index (Phi) is 8.04. The molecule has 0 radical (unpaired) electrons. The van der Waals surface area contributed by atoms with Gasteiger partial charge in [0.1, 0.15) is 5.78 Å². The van der Waals surface area contributed by atoms with Gasteiger partial charge in [0, 0.05) is 29.9 Å². The third-order valence-corrected chi connectivity index (χ3v) is 12.6. The van der Waals surface area contributed by atoms with Crippen molar-refractivity contribution in [2.24, 2.45) is 5.92 Å². The lowest BCUT2D eigenvalue weighted by Gasteiger charge is -2.51. The van der Waals surface area contributed by atoms with E-state index in [1.54, 1.807) is 24.3 Å². The molecule has 6 rings (SSSR count). The zero-order valence-corrected chi connectivity index (χ0v) is 25.8. The molecule has 0 amide bonds. The fourth-order valence-corrected chi connectivity index (χ4v) is 9.94. The molecule has 0 bridgehead atoms. The lowest BCUT2D eigenvalue weighted by atomic mass is 9.77. The highest BCUT2D eigenvalue weighted by molar-refractivity contribution is 7.89. The summed E-state index contributed by atoms with van der Waals surface area (Å²) in [4.78, 5) is 14.1. The van der Waals surface area contributed by atoms with Crippen molar-refractivity contribution < 1.29 is 21.6 Å². The third-order valence-electron chi connectivity index (χ3n) is 8.48. The van der Waals surface area contributed by atoms with E-state index >= 15 is 0 Å². The summed E-state index contributed by atoms with van der Waals surface area (Å²) in [5, 5.41) is 0.406. The highest BCUT2D eigenvalue weighted by Gasteiger charge is 2.54. The number of benzene rings is 4. The summed E-state index contributed by atoms with van der Waals surface area (Å²) < 4.78 is 60.1. The monoisotopic (exact) mass is 634 g/mol. The number of carbonyl (C=O) groups excluding carboxylic acids is 1. The van der Waals surface area contributed by atoms with Gasteiger partial charge >= 0.3 is 0 Å². The van der Waals surface area contributed by atoms with Gasteiger partial charge < -0.3 is 0 Å². The average molecular weight is 635 g/mol. The molecule has 4 atom stereocenters. The lowest BCUT2D eigenvalue weighted by molar-refractivity contribution is -0.132. The first-order valence-electron chi connectivity index (χ1n) is 14.1. The van der Waals surface area contributed by atoms with Gasteiger partial charge in [-0.2, -0.15) is 8.61 Å². The van der Waals surface area contributed by atoms with E-state index in [0.29, 0.717) is 5.02 Å². The quantitative estimate of drug-likeness (QED) is 0.253. The van der Waals surface area contributed by atoms with Gasteiger partial charge in [-0.1, -0.05) is 90.0 Å². The van der Waals surface area contributed by atoms with Crippen LogP contribution in [0, 0.1) is 12.8 Å². The molecular weight excluding hydrogens is 604 g/mol. The summed E-state index contributed by atoms with van der Waals surface area (Å²) in [5.74, 6) is -1.00. The molecule has 7 nitrogen and oxygen atoms in total. The molecule has 0 N–H and O–H groups in total. The Hall–Kier alpha value is -3.34. The second-order valence-electron chi connectivity index (χ2n) is 11.1. The van der Waals surface area contributed by atoms with E-state index in [1.165, 1.54) is 32.9 Å². The van der Waals surface area contributed by atoms with Crippen LogP contribution in [0.1, 0.15) is 41.6 Å². The van der Waals surface area contributed by atoms with E-state index in [4.69, 9.17) is 11.6 Å². The number of hydrogen-bond donors (Lipinski definition) is 0. The summed E-state index contributed by atoms with van der Waals surface area (Å²) >= 11 is 6.05. The van der Waals surface area contributed by atoms with Gasteiger partial charge in [-0.25, -0.2) is 16.8 Å². The predicted octanol–water partition coefficient (Wildman–Crippen LogP) is 6.17. The Labute approximate surface area is 257 Å². The van der Waals surface area contributed by atoms with E-state index in [-0.39, 0.29) is 35.0 Å². The number of nitrogens with zero attached hydrogens (tertiary/aromatic N) is 2. The standard InChI is InChI=1S/C33H31ClN2O5S2/c1-23-12-16-28(17-13-23)43(40,41)36-31(25-10-6-3-7-11-25)21-33(37)29-22-35(42(38,39)27-18-14-26(34)15-19-27)30(20-32(29)36)24-8-4-2-5-9-24/h2-19,29-32H,20-22H2,1H3/t29-,30?,31?,32?/m1/s1. The summed E-state index contributed by atoms with van der Waals surface area (Å²) in [7, 11) is -8.16. The van der Waals surface area contributed by atoms with Gasteiger partial charge in [0.15, 0.2) is 0 Å². The summed E-state index contributed by atoms with van der Waals surface area (Å²) in [6, 6.07) is 28.8. The number of aryl methyl sites for hydroxylation is 1. The van der Waals surface area contributed by atoms with Crippen molar-refractivity contribution in [1.82, 2.24) is 8.61 Å². The molecule has 4 aromatic carbocycles. The molecule has 222 valence electrons. The zero-order chi connectivity index (χ0) is 30.4. The number of sulfonamides is 2. The maximum Gasteiger partial charge on any atom is 0.243 e. The third kappa shape index (κ3) is 5.56. The van der Waals surface area contributed by atoms with Crippen LogP contribution in [0.3, 0.4) is 0 Å². The molecule has 0 spiro atoms. The van der Waals surface area contributed by atoms with Gasteiger partial charge in [0.25, 0.3) is 0 Å². The lowest BCUT2D eigenvalue weighted by Crippen LogP contribution is -2.60. The van der Waals surface area contributed by atoms with Crippen LogP contribution in [-0.4, -0.2) is 43.8 Å². The normalized spacial score (nSPS) is 23.5. The largest absolute Gasteiger partial charge is 0.299 e. The molecule has 43 heavy (non-hydrogen) atoms. The summed E-state index contributed by atoms with van der Waals surface area (Å²) in [6.45, 7) is 1.75. The van der Waals surface area contributed by atoms with Crippen molar-refractivity contribution in [1.29, 1.82) is 0 Å². The molecule has 10 heteroatoms. The predicted molar refractivity (Wildman–Crippen MR) is 165 cm³/mol.